The minimum absolute atomic E-state index is 0.322. The molecule has 110 valence electrons. The van der Waals surface area contributed by atoms with Crippen molar-refractivity contribution in [1.82, 2.24) is 0 Å². The summed E-state index contributed by atoms with van der Waals surface area (Å²) in [4.78, 5) is 0.322. The molecule has 1 aromatic rings. The van der Waals surface area contributed by atoms with E-state index in [1.807, 2.05) is 18.4 Å². The minimum atomic E-state index is -3.14. The summed E-state index contributed by atoms with van der Waals surface area (Å²) in [6.07, 6.45) is 6.62. The molecule has 0 bridgehead atoms. The summed E-state index contributed by atoms with van der Waals surface area (Å²) in [5.41, 5.74) is 0.914. The van der Waals surface area contributed by atoms with Gasteiger partial charge in [0.1, 0.15) is 0 Å². The summed E-state index contributed by atoms with van der Waals surface area (Å²) in [7, 11) is -3.14. The first kappa shape index (κ1) is 15.6. The van der Waals surface area contributed by atoms with Gasteiger partial charge in [-0.3, -0.25) is 0 Å². The lowest BCUT2D eigenvalue weighted by Gasteiger charge is -2.26. The molecule has 20 heavy (non-hydrogen) atoms. The van der Waals surface area contributed by atoms with Crippen molar-refractivity contribution in [1.29, 1.82) is 0 Å². The quantitative estimate of drug-likeness (QED) is 0.853. The first-order valence-electron chi connectivity index (χ1n) is 6.23. The Morgan fingerprint density at radius 2 is 1.80 bits per heavy atom. The van der Waals surface area contributed by atoms with Crippen LogP contribution in [-0.2, 0) is 19.3 Å². The number of benzene rings is 1. The molecule has 2 rings (SSSR count). The van der Waals surface area contributed by atoms with Crippen molar-refractivity contribution in [3.8, 4) is 0 Å². The van der Waals surface area contributed by atoms with E-state index in [9.17, 15) is 8.42 Å². The molecular formula is C14H18O4S2. The third-order valence-electron chi connectivity index (χ3n) is 2.98. The molecule has 0 radical (unpaired) electrons. The highest BCUT2D eigenvalue weighted by molar-refractivity contribution is 7.99. The Morgan fingerprint density at radius 3 is 2.30 bits per heavy atom. The largest absolute Gasteiger partial charge is 0.348 e. The van der Waals surface area contributed by atoms with Crippen molar-refractivity contribution in [2.24, 2.45) is 0 Å². The second kappa shape index (κ2) is 6.76. The van der Waals surface area contributed by atoms with E-state index >= 15 is 0 Å². The Kier molecular flexibility index (Phi) is 5.26. The Morgan fingerprint density at radius 1 is 1.20 bits per heavy atom. The number of thioether (sulfide) groups is 1. The van der Waals surface area contributed by atoms with Gasteiger partial charge in [-0.25, -0.2) is 8.42 Å². The first-order chi connectivity index (χ1) is 9.49. The molecule has 0 aromatic heterocycles. The smallest absolute Gasteiger partial charge is 0.177 e. The molecule has 1 heterocycles. The van der Waals surface area contributed by atoms with Crippen LogP contribution >= 0.6 is 11.8 Å². The fourth-order valence-electron chi connectivity index (χ4n) is 1.76. The molecule has 1 saturated heterocycles. The predicted molar refractivity (Wildman–Crippen MR) is 81.6 cm³/mol. The predicted octanol–water partition coefficient (Wildman–Crippen LogP) is 2.21. The van der Waals surface area contributed by atoms with Gasteiger partial charge in [0, 0.05) is 6.26 Å². The maximum absolute atomic E-state index is 11.3. The SMILES string of the molecule is CSC1COC(/C=C/c2ccc(S(C)(=O)=O)cc2)OC1. The van der Waals surface area contributed by atoms with Gasteiger partial charge in [-0.15, -0.1) is 0 Å². The van der Waals surface area contributed by atoms with Crippen LogP contribution in [0.3, 0.4) is 0 Å². The minimum Gasteiger partial charge on any atom is -0.348 e. The van der Waals surface area contributed by atoms with Crippen molar-refractivity contribution < 1.29 is 17.9 Å². The maximum Gasteiger partial charge on any atom is 0.177 e. The van der Waals surface area contributed by atoms with Crippen molar-refractivity contribution in [3.05, 3.63) is 35.9 Å². The van der Waals surface area contributed by atoms with E-state index in [4.69, 9.17) is 9.47 Å². The zero-order valence-electron chi connectivity index (χ0n) is 11.5. The highest BCUT2D eigenvalue weighted by Crippen LogP contribution is 2.17. The Labute approximate surface area is 124 Å². The Bertz CT molecular complexity index is 555. The molecule has 1 aliphatic heterocycles. The van der Waals surface area contributed by atoms with Gasteiger partial charge < -0.3 is 9.47 Å². The maximum atomic E-state index is 11.3. The van der Waals surface area contributed by atoms with Crippen LogP contribution in [0.2, 0.25) is 0 Å². The van der Waals surface area contributed by atoms with Crippen molar-refractivity contribution in [3.63, 3.8) is 0 Å². The van der Waals surface area contributed by atoms with Crippen LogP contribution in [0.25, 0.3) is 6.08 Å². The molecule has 1 fully saturated rings. The van der Waals surface area contributed by atoms with Crippen LogP contribution < -0.4 is 0 Å². The van der Waals surface area contributed by atoms with E-state index in [1.54, 1.807) is 36.0 Å². The number of sulfone groups is 1. The molecule has 0 saturated carbocycles. The van der Waals surface area contributed by atoms with Crippen molar-refractivity contribution in [2.45, 2.75) is 16.4 Å². The van der Waals surface area contributed by atoms with Gasteiger partial charge in [0.2, 0.25) is 0 Å². The monoisotopic (exact) mass is 314 g/mol. The second-order valence-corrected chi connectivity index (χ2v) is 7.75. The summed E-state index contributed by atoms with van der Waals surface area (Å²) in [5.74, 6) is 0. The van der Waals surface area contributed by atoms with Crippen LogP contribution in [0.5, 0.6) is 0 Å². The van der Waals surface area contributed by atoms with E-state index in [0.29, 0.717) is 23.4 Å². The summed E-state index contributed by atoms with van der Waals surface area (Å²) in [6.45, 7) is 1.37. The molecule has 6 heteroatoms. The molecule has 4 nitrogen and oxygen atoms in total. The van der Waals surface area contributed by atoms with Gasteiger partial charge in [-0.1, -0.05) is 18.2 Å². The van der Waals surface area contributed by atoms with Crippen LogP contribution in [0.4, 0.5) is 0 Å². The van der Waals surface area contributed by atoms with Gasteiger partial charge >= 0.3 is 0 Å². The van der Waals surface area contributed by atoms with E-state index in [0.717, 1.165) is 5.56 Å². The lowest BCUT2D eigenvalue weighted by molar-refractivity contribution is -0.145. The zero-order valence-corrected chi connectivity index (χ0v) is 13.1. The molecular weight excluding hydrogens is 296 g/mol. The van der Waals surface area contributed by atoms with Crippen molar-refractivity contribution >= 4 is 27.7 Å². The van der Waals surface area contributed by atoms with Crippen LogP contribution in [0.1, 0.15) is 5.56 Å². The van der Waals surface area contributed by atoms with Gasteiger partial charge in [0.15, 0.2) is 16.1 Å². The lowest BCUT2D eigenvalue weighted by atomic mass is 10.2. The molecule has 0 spiro atoms. The van der Waals surface area contributed by atoms with Crippen molar-refractivity contribution in [2.75, 3.05) is 25.7 Å². The molecule has 1 aromatic carbocycles. The van der Waals surface area contributed by atoms with E-state index in [1.165, 1.54) is 6.26 Å². The summed E-state index contributed by atoms with van der Waals surface area (Å²) in [6, 6.07) is 6.73. The van der Waals surface area contributed by atoms with Crippen LogP contribution in [-0.4, -0.2) is 45.7 Å². The van der Waals surface area contributed by atoms with Crippen LogP contribution in [0.15, 0.2) is 35.2 Å². The fourth-order valence-corrected chi connectivity index (χ4v) is 2.82. The third kappa shape index (κ3) is 4.34. The zero-order chi connectivity index (χ0) is 14.6. The van der Waals surface area contributed by atoms with Gasteiger partial charge in [-0.05, 0) is 30.0 Å². The Balaban J connectivity index is 1.95. The average molecular weight is 314 g/mol. The topological polar surface area (TPSA) is 52.6 Å². The number of hydrogen-bond acceptors (Lipinski definition) is 5. The molecule has 0 unspecified atom stereocenters. The molecule has 0 aliphatic carbocycles. The van der Waals surface area contributed by atoms with Gasteiger partial charge in [0.25, 0.3) is 0 Å². The average Bonchev–Trinajstić information content (AvgIpc) is 2.45. The van der Waals surface area contributed by atoms with Gasteiger partial charge in [0.05, 0.1) is 23.4 Å². The summed E-state index contributed by atoms with van der Waals surface area (Å²) < 4.78 is 33.8. The fraction of sp³-hybridized carbons (Fsp3) is 0.429. The lowest BCUT2D eigenvalue weighted by Crippen LogP contribution is -2.32. The second-order valence-electron chi connectivity index (χ2n) is 4.59. The van der Waals surface area contributed by atoms with Crippen LogP contribution in [0, 0.1) is 0 Å². The first-order valence-corrected chi connectivity index (χ1v) is 9.41. The van der Waals surface area contributed by atoms with E-state index in [-0.39, 0.29) is 6.29 Å². The highest BCUT2D eigenvalue weighted by Gasteiger charge is 2.19. The molecule has 1 aliphatic rings. The summed E-state index contributed by atoms with van der Waals surface area (Å²) in [5, 5.41) is 0.397. The Hall–Kier alpha value is -0.820. The van der Waals surface area contributed by atoms with Gasteiger partial charge in [-0.2, -0.15) is 11.8 Å². The standard InChI is InChI=1S/C14H18O4S2/c1-19-12-9-17-14(18-10-12)8-5-11-3-6-13(7-4-11)20(2,15)16/h3-8,12,14H,9-10H2,1-2H3/b8-5+. The number of hydrogen-bond donors (Lipinski definition) is 0. The summed E-state index contributed by atoms with van der Waals surface area (Å²) >= 11 is 1.74. The molecule has 0 atom stereocenters. The molecule has 0 N–H and O–H groups in total. The van der Waals surface area contributed by atoms with E-state index in [2.05, 4.69) is 0 Å². The number of rotatable bonds is 4. The number of ether oxygens (including phenoxy) is 2. The van der Waals surface area contributed by atoms with E-state index < -0.39 is 9.84 Å². The molecule has 0 amide bonds. The highest BCUT2D eigenvalue weighted by atomic mass is 32.2. The normalized spacial score (nSPS) is 24.1. The third-order valence-corrected chi connectivity index (χ3v) is 5.05.